The number of hydrogen-bond acceptors (Lipinski definition) is 4. The van der Waals surface area contributed by atoms with Crippen LogP contribution in [0.15, 0.2) is 41.0 Å². The van der Waals surface area contributed by atoms with E-state index in [1.54, 1.807) is 18.4 Å². The molecule has 0 bridgehead atoms. The summed E-state index contributed by atoms with van der Waals surface area (Å²) in [5.74, 6) is 0.659. The second-order valence-electron chi connectivity index (χ2n) is 3.90. The fourth-order valence-corrected chi connectivity index (χ4v) is 1.62. The molecule has 0 aliphatic rings. The zero-order valence-corrected chi connectivity index (χ0v) is 9.55. The Balaban J connectivity index is 2.00. The van der Waals surface area contributed by atoms with E-state index >= 15 is 0 Å². The van der Waals surface area contributed by atoms with Crippen molar-refractivity contribution < 1.29 is 14.6 Å². The summed E-state index contributed by atoms with van der Waals surface area (Å²) in [5.41, 5.74) is 0.656. The molecule has 0 fully saturated rings. The van der Waals surface area contributed by atoms with Gasteiger partial charge in [0, 0.05) is 12.1 Å². The van der Waals surface area contributed by atoms with Crippen LogP contribution in [-0.4, -0.2) is 10.2 Å². The molecular weight excluding hydrogens is 218 g/mol. The van der Waals surface area contributed by atoms with E-state index in [0.717, 1.165) is 5.76 Å². The number of furan rings is 1. The number of hydrogen-bond donors (Lipinski definition) is 3. The van der Waals surface area contributed by atoms with Crippen molar-refractivity contribution in [1.29, 1.82) is 0 Å². The second-order valence-corrected chi connectivity index (χ2v) is 3.90. The predicted octanol–water partition coefficient (Wildman–Crippen LogP) is 2.54. The third kappa shape index (κ3) is 2.60. The third-order valence-corrected chi connectivity index (χ3v) is 2.67. The molecular formula is C13H15NO3. The molecule has 1 atom stereocenters. The van der Waals surface area contributed by atoms with Crippen LogP contribution >= 0.6 is 0 Å². The van der Waals surface area contributed by atoms with E-state index in [4.69, 9.17) is 4.42 Å². The van der Waals surface area contributed by atoms with Gasteiger partial charge >= 0.3 is 0 Å². The maximum absolute atomic E-state index is 9.63. The first-order chi connectivity index (χ1) is 8.18. The van der Waals surface area contributed by atoms with Crippen molar-refractivity contribution in [1.82, 2.24) is 5.32 Å². The van der Waals surface area contributed by atoms with E-state index < -0.39 is 0 Å². The highest BCUT2D eigenvalue weighted by atomic mass is 16.3. The van der Waals surface area contributed by atoms with Crippen molar-refractivity contribution in [2.75, 3.05) is 0 Å². The van der Waals surface area contributed by atoms with Gasteiger partial charge in [-0.1, -0.05) is 12.1 Å². The van der Waals surface area contributed by atoms with Crippen LogP contribution < -0.4 is 5.32 Å². The lowest BCUT2D eigenvalue weighted by Gasteiger charge is -2.12. The van der Waals surface area contributed by atoms with Crippen LogP contribution in [0, 0.1) is 0 Å². The predicted molar refractivity (Wildman–Crippen MR) is 63.7 cm³/mol. The third-order valence-electron chi connectivity index (χ3n) is 2.67. The van der Waals surface area contributed by atoms with Gasteiger partial charge in [0.05, 0.1) is 12.3 Å². The molecule has 4 heteroatoms. The Morgan fingerprint density at radius 3 is 2.76 bits per heavy atom. The van der Waals surface area contributed by atoms with Crippen LogP contribution in [0.5, 0.6) is 11.5 Å². The fraction of sp³-hybridized carbons (Fsp3) is 0.231. The van der Waals surface area contributed by atoms with Crippen molar-refractivity contribution in [3.05, 3.63) is 47.9 Å². The Bertz CT molecular complexity index is 479. The van der Waals surface area contributed by atoms with E-state index in [9.17, 15) is 10.2 Å². The molecule has 17 heavy (non-hydrogen) atoms. The fourth-order valence-electron chi connectivity index (χ4n) is 1.62. The summed E-state index contributed by atoms with van der Waals surface area (Å²) in [6, 6.07) is 8.68. The molecule has 1 heterocycles. The van der Waals surface area contributed by atoms with Gasteiger partial charge in [-0.2, -0.15) is 0 Å². The maximum Gasteiger partial charge on any atom is 0.161 e. The first-order valence-corrected chi connectivity index (χ1v) is 5.45. The van der Waals surface area contributed by atoms with Crippen LogP contribution in [0.25, 0.3) is 0 Å². The molecule has 0 spiro atoms. The minimum Gasteiger partial charge on any atom is -0.504 e. The number of aromatic hydroxyl groups is 2. The summed E-state index contributed by atoms with van der Waals surface area (Å²) >= 11 is 0. The van der Waals surface area contributed by atoms with E-state index in [0.29, 0.717) is 12.1 Å². The maximum atomic E-state index is 9.63. The van der Waals surface area contributed by atoms with Gasteiger partial charge < -0.3 is 19.9 Å². The summed E-state index contributed by atoms with van der Waals surface area (Å²) in [5, 5.41) is 22.2. The van der Waals surface area contributed by atoms with Gasteiger partial charge in [0.15, 0.2) is 11.5 Å². The van der Waals surface area contributed by atoms with Gasteiger partial charge in [0.2, 0.25) is 0 Å². The zero-order valence-electron chi connectivity index (χ0n) is 9.55. The Morgan fingerprint density at radius 1 is 1.24 bits per heavy atom. The first kappa shape index (κ1) is 11.5. The Labute approximate surface area is 99.5 Å². The Kier molecular flexibility index (Phi) is 3.35. The van der Waals surface area contributed by atoms with E-state index in [1.165, 1.54) is 6.07 Å². The lowest BCUT2D eigenvalue weighted by molar-refractivity contribution is 0.392. The van der Waals surface area contributed by atoms with Crippen LogP contribution in [0.3, 0.4) is 0 Å². The molecule has 2 aromatic rings. The standard InChI is InChI=1S/C13H15NO3/c1-9(12-6-3-7-17-12)14-8-10-4-2-5-11(15)13(10)16/h2-7,9,14-16H,8H2,1H3/t9-/m1/s1. The molecule has 4 nitrogen and oxygen atoms in total. The first-order valence-electron chi connectivity index (χ1n) is 5.45. The van der Waals surface area contributed by atoms with Crippen molar-refractivity contribution >= 4 is 0 Å². The molecule has 90 valence electrons. The number of para-hydroxylation sites is 1. The summed E-state index contributed by atoms with van der Waals surface area (Å²) in [6.45, 7) is 2.43. The largest absolute Gasteiger partial charge is 0.504 e. The van der Waals surface area contributed by atoms with Crippen LogP contribution in [-0.2, 0) is 6.54 Å². The van der Waals surface area contributed by atoms with Crippen molar-refractivity contribution in [3.8, 4) is 11.5 Å². The molecule has 0 radical (unpaired) electrons. The average Bonchev–Trinajstić information content (AvgIpc) is 2.84. The zero-order chi connectivity index (χ0) is 12.3. The topological polar surface area (TPSA) is 65.6 Å². The molecule has 2 rings (SSSR count). The van der Waals surface area contributed by atoms with Crippen molar-refractivity contribution in [2.45, 2.75) is 19.5 Å². The monoisotopic (exact) mass is 233 g/mol. The highest BCUT2D eigenvalue weighted by molar-refractivity contribution is 5.44. The van der Waals surface area contributed by atoms with Crippen LogP contribution in [0.1, 0.15) is 24.3 Å². The van der Waals surface area contributed by atoms with E-state index in [1.807, 2.05) is 19.1 Å². The molecule has 1 aromatic carbocycles. The second kappa shape index (κ2) is 4.93. The summed E-state index contributed by atoms with van der Waals surface area (Å²) in [6.07, 6.45) is 1.62. The summed E-state index contributed by atoms with van der Waals surface area (Å²) in [4.78, 5) is 0. The number of phenols is 2. The highest BCUT2D eigenvalue weighted by Crippen LogP contribution is 2.28. The highest BCUT2D eigenvalue weighted by Gasteiger charge is 2.10. The van der Waals surface area contributed by atoms with Crippen LogP contribution in [0.2, 0.25) is 0 Å². The number of nitrogens with one attached hydrogen (secondary N) is 1. The molecule has 0 aliphatic carbocycles. The normalized spacial score (nSPS) is 12.5. The van der Waals surface area contributed by atoms with Gasteiger partial charge in [0.25, 0.3) is 0 Å². The molecule has 3 N–H and O–H groups in total. The van der Waals surface area contributed by atoms with Crippen molar-refractivity contribution in [2.24, 2.45) is 0 Å². The molecule has 0 aliphatic heterocycles. The molecule has 0 unspecified atom stereocenters. The number of rotatable bonds is 4. The summed E-state index contributed by atoms with van der Waals surface area (Å²) in [7, 11) is 0. The molecule has 0 saturated carbocycles. The number of phenolic OH excluding ortho intramolecular Hbond substituents is 2. The molecule has 0 saturated heterocycles. The van der Waals surface area contributed by atoms with Gasteiger partial charge in [-0.05, 0) is 25.1 Å². The summed E-state index contributed by atoms with van der Waals surface area (Å²) < 4.78 is 5.26. The quantitative estimate of drug-likeness (QED) is 0.710. The minimum atomic E-state index is -0.102. The van der Waals surface area contributed by atoms with Gasteiger partial charge in [-0.25, -0.2) is 0 Å². The lowest BCUT2D eigenvalue weighted by Crippen LogP contribution is -2.17. The minimum absolute atomic E-state index is 0.0479. The lowest BCUT2D eigenvalue weighted by atomic mass is 10.1. The van der Waals surface area contributed by atoms with Gasteiger partial charge in [-0.15, -0.1) is 0 Å². The van der Waals surface area contributed by atoms with Gasteiger partial charge in [0.1, 0.15) is 5.76 Å². The molecule has 0 amide bonds. The van der Waals surface area contributed by atoms with Crippen molar-refractivity contribution in [3.63, 3.8) is 0 Å². The number of benzene rings is 1. The van der Waals surface area contributed by atoms with Crippen LogP contribution in [0.4, 0.5) is 0 Å². The molecule has 1 aromatic heterocycles. The van der Waals surface area contributed by atoms with E-state index in [-0.39, 0.29) is 17.5 Å². The average molecular weight is 233 g/mol. The Hall–Kier alpha value is -1.94. The SMILES string of the molecule is C[C@@H](NCc1cccc(O)c1O)c1ccco1. The Morgan fingerprint density at radius 2 is 2.06 bits per heavy atom. The van der Waals surface area contributed by atoms with E-state index in [2.05, 4.69) is 5.32 Å². The smallest absolute Gasteiger partial charge is 0.161 e. The van der Waals surface area contributed by atoms with Gasteiger partial charge in [-0.3, -0.25) is 0 Å².